The second kappa shape index (κ2) is 11.6. The Bertz CT molecular complexity index is 1250. The third-order valence-electron chi connectivity index (χ3n) is 4.35. The van der Waals surface area contributed by atoms with Crippen molar-refractivity contribution in [1.29, 1.82) is 0 Å². The minimum Gasteiger partial charge on any atom is -0.506 e. The molecule has 3 aromatic carbocycles. The van der Waals surface area contributed by atoms with Gasteiger partial charge in [-0.3, -0.25) is 9.59 Å². The zero-order valence-corrected chi connectivity index (χ0v) is 19.9. The largest absolute Gasteiger partial charge is 0.506 e. The first-order chi connectivity index (χ1) is 16.3. The van der Waals surface area contributed by atoms with Gasteiger partial charge >= 0.3 is 0 Å². The Morgan fingerprint density at radius 3 is 2.50 bits per heavy atom. The number of carbonyl (C=O) groups is 2. The fourth-order valence-corrected chi connectivity index (χ4v) is 3.34. The summed E-state index contributed by atoms with van der Waals surface area (Å²) in [7, 11) is 1.46. The Labute approximate surface area is 210 Å². The Balaban J connectivity index is 1.59. The van der Waals surface area contributed by atoms with Gasteiger partial charge < -0.3 is 19.9 Å². The third-order valence-corrected chi connectivity index (χ3v) is 5.18. The molecule has 0 heterocycles. The van der Waals surface area contributed by atoms with Crippen LogP contribution in [0.3, 0.4) is 0 Å². The van der Waals surface area contributed by atoms with Gasteiger partial charge in [0.15, 0.2) is 6.61 Å². The number of methoxy groups -OCH3 is 1. The standard InChI is InChI=1S/C23H18Cl3N3O5/c1-33-21-10-16(28-22(31)12-34-20-7-4-15(24)9-18(20)26)5-2-14(21)11-27-29-23(32)13-3-6-19(30)17(25)8-13/h2-11,30H,12H2,1H3,(H,28,31)(H,29,32)/b27-11+. The Morgan fingerprint density at radius 1 is 1.00 bits per heavy atom. The van der Waals surface area contributed by atoms with Crippen molar-refractivity contribution in [1.82, 2.24) is 5.43 Å². The normalized spacial score (nSPS) is 10.7. The molecule has 3 N–H and O–H groups in total. The first kappa shape index (κ1) is 25.2. The van der Waals surface area contributed by atoms with E-state index in [0.717, 1.165) is 0 Å². The predicted molar refractivity (Wildman–Crippen MR) is 132 cm³/mol. The molecule has 0 radical (unpaired) electrons. The number of carbonyl (C=O) groups excluding carboxylic acids is 2. The summed E-state index contributed by atoms with van der Waals surface area (Å²) in [6.45, 7) is -0.264. The number of hydrazone groups is 1. The molecule has 176 valence electrons. The number of amides is 2. The average molecular weight is 523 g/mol. The molecule has 2 amide bonds. The first-order valence-corrected chi connectivity index (χ1v) is 10.8. The second-order valence-electron chi connectivity index (χ2n) is 6.73. The highest BCUT2D eigenvalue weighted by Gasteiger charge is 2.10. The van der Waals surface area contributed by atoms with Gasteiger partial charge in [0, 0.05) is 27.9 Å². The van der Waals surface area contributed by atoms with Crippen LogP contribution in [0.1, 0.15) is 15.9 Å². The molecule has 0 fully saturated rings. The number of anilines is 1. The molecule has 3 aromatic rings. The number of benzene rings is 3. The second-order valence-corrected chi connectivity index (χ2v) is 7.98. The molecule has 0 aromatic heterocycles. The number of nitrogens with one attached hydrogen (secondary N) is 2. The first-order valence-electron chi connectivity index (χ1n) is 9.64. The highest BCUT2D eigenvalue weighted by molar-refractivity contribution is 6.35. The lowest BCUT2D eigenvalue weighted by Crippen LogP contribution is -2.20. The van der Waals surface area contributed by atoms with E-state index in [2.05, 4.69) is 15.8 Å². The molecule has 0 saturated heterocycles. The summed E-state index contributed by atoms with van der Waals surface area (Å²) < 4.78 is 10.7. The fourth-order valence-electron chi connectivity index (χ4n) is 2.70. The van der Waals surface area contributed by atoms with Gasteiger partial charge in [-0.05, 0) is 48.5 Å². The molecular formula is C23H18Cl3N3O5. The summed E-state index contributed by atoms with van der Waals surface area (Å²) in [4.78, 5) is 24.4. The van der Waals surface area contributed by atoms with Gasteiger partial charge in [0.05, 0.1) is 23.4 Å². The van der Waals surface area contributed by atoms with E-state index in [-0.39, 0.29) is 22.9 Å². The Hall–Kier alpha value is -3.46. The van der Waals surface area contributed by atoms with E-state index in [9.17, 15) is 14.7 Å². The molecule has 8 nitrogen and oxygen atoms in total. The zero-order chi connectivity index (χ0) is 24.7. The summed E-state index contributed by atoms with van der Waals surface area (Å²) in [5, 5.41) is 16.8. The van der Waals surface area contributed by atoms with Gasteiger partial charge in [-0.15, -0.1) is 0 Å². The van der Waals surface area contributed by atoms with E-state index in [4.69, 9.17) is 44.3 Å². The van der Waals surface area contributed by atoms with Crippen LogP contribution < -0.4 is 20.2 Å². The third kappa shape index (κ3) is 6.77. The van der Waals surface area contributed by atoms with E-state index in [1.165, 1.54) is 37.6 Å². The Kier molecular flexibility index (Phi) is 8.59. The summed E-state index contributed by atoms with van der Waals surface area (Å²) >= 11 is 17.7. The maximum Gasteiger partial charge on any atom is 0.271 e. The lowest BCUT2D eigenvalue weighted by molar-refractivity contribution is -0.118. The van der Waals surface area contributed by atoms with Crippen molar-refractivity contribution in [2.45, 2.75) is 0 Å². The van der Waals surface area contributed by atoms with Gasteiger partial charge in [0.2, 0.25) is 0 Å². The molecule has 0 aliphatic heterocycles. The number of rotatable bonds is 8. The van der Waals surface area contributed by atoms with Crippen LogP contribution >= 0.6 is 34.8 Å². The number of hydrogen-bond acceptors (Lipinski definition) is 6. The van der Waals surface area contributed by atoms with Crippen LogP contribution in [0.2, 0.25) is 15.1 Å². The van der Waals surface area contributed by atoms with Crippen LogP contribution in [0.25, 0.3) is 0 Å². The molecule has 0 spiro atoms. The minimum atomic E-state index is -0.512. The quantitative estimate of drug-likeness (QED) is 0.280. The molecule has 0 bridgehead atoms. The zero-order valence-electron chi connectivity index (χ0n) is 17.6. The van der Waals surface area contributed by atoms with Crippen molar-refractivity contribution in [2.24, 2.45) is 5.10 Å². The maximum absolute atomic E-state index is 12.2. The number of ether oxygens (including phenoxy) is 2. The van der Waals surface area contributed by atoms with Crippen LogP contribution in [0, 0.1) is 0 Å². The van der Waals surface area contributed by atoms with Crippen molar-refractivity contribution in [3.05, 3.63) is 80.8 Å². The van der Waals surface area contributed by atoms with Gasteiger partial charge in [-0.25, -0.2) is 5.43 Å². The van der Waals surface area contributed by atoms with Gasteiger partial charge in [0.25, 0.3) is 11.8 Å². The van der Waals surface area contributed by atoms with Crippen LogP contribution in [-0.4, -0.2) is 36.9 Å². The predicted octanol–water partition coefficient (Wildman–Crippen LogP) is 5.14. The number of hydrogen-bond donors (Lipinski definition) is 3. The minimum absolute atomic E-state index is 0.0533. The molecule has 0 aliphatic rings. The van der Waals surface area contributed by atoms with Crippen molar-refractivity contribution in [3.8, 4) is 17.2 Å². The molecule has 11 heteroatoms. The number of phenolic OH excluding ortho intramolecular Hbond substituents is 1. The van der Waals surface area contributed by atoms with E-state index < -0.39 is 11.8 Å². The summed E-state index contributed by atoms with van der Waals surface area (Å²) in [5.41, 5.74) is 3.61. The lowest BCUT2D eigenvalue weighted by Gasteiger charge is -2.11. The molecule has 34 heavy (non-hydrogen) atoms. The SMILES string of the molecule is COc1cc(NC(=O)COc2ccc(Cl)cc2Cl)ccc1/C=N/NC(=O)c1ccc(O)c(Cl)c1. The topological polar surface area (TPSA) is 109 Å². The van der Waals surface area contributed by atoms with Crippen LogP contribution in [-0.2, 0) is 4.79 Å². The molecule has 0 aliphatic carbocycles. The number of phenols is 1. The molecule has 0 unspecified atom stereocenters. The summed E-state index contributed by atoms with van der Waals surface area (Å²) in [5.74, 6) is -0.304. The van der Waals surface area contributed by atoms with E-state index in [1.807, 2.05) is 0 Å². The van der Waals surface area contributed by atoms with Crippen LogP contribution in [0.5, 0.6) is 17.2 Å². The summed E-state index contributed by atoms with van der Waals surface area (Å²) in [6.07, 6.45) is 1.38. The lowest BCUT2D eigenvalue weighted by atomic mass is 10.2. The van der Waals surface area contributed by atoms with Crippen molar-refractivity contribution >= 4 is 58.5 Å². The van der Waals surface area contributed by atoms with E-state index in [1.54, 1.807) is 30.3 Å². The maximum atomic E-state index is 12.2. The molecule has 0 atom stereocenters. The van der Waals surface area contributed by atoms with Gasteiger partial charge in [-0.2, -0.15) is 5.10 Å². The fraction of sp³-hybridized carbons (Fsp3) is 0.0870. The van der Waals surface area contributed by atoms with Crippen LogP contribution in [0.15, 0.2) is 59.7 Å². The van der Waals surface area contributed by atoms with Crippen molar-refractivity contribution in [2.75, 3.05) is 19.0 Å². The van der Waals surface area contributed by atoms with Gasteiger partial charge in [0.1, 0.15) is 17.2 Å². The van der Waals surface area contributed by atoms with Crippen LogP contribution in [0.4, 0.5) is 5.69 Å². The van der Waals surface area contributed by atoms with Crippen molar-refractivity contribution < 1.29 is 24.2 Å². The smallest absolute Gasteiger partial charge is 0.271 e. The molecule has 3 rings (SSSR count). The van der Waals surface area contributed by atoms with E-state index in [0.29, 0.717) is 32.8 Å². The number of nitrogens with zero attached hydrogens (tertiary/aromatic N) is 1. The van der Waals surface area contributed by atoms with Gasteiger partial charge in [-0.1, -0.05) is 34.8 Å². The average Bonchev–Trinajstić information content (AvgIpc) is 2.81. The van der Waals surface area contributed by atoms with E-state index >= 15 is 0 Å². The monoisotopic (exact) mass is 521 g/mol. The molecule has 0 saturated carbocycles. The summed E-state index contributed by atoms with van der Waals surface area (Å²) in [6, 6.07) is 13.6. The highest BCUT2D eigenvalue weighted by atomic mass is 35.5. The molecular weight excluding hydrogens is 505 g/mol. The number of aromatic hydroxyl groups is 1. The highest BCUT2D eigenvalue weighted by Crippen LogP contribution is 2.28. The number of halogens is 3. The van der Waals surface area contributed by atoms with Crippen molar-refractivity contribution in [3.63, 3.8) is 0 Å². The Morgan fingerprint density at radius 2 is 1.79 bits per heavy atom.